The predicted molar refractivity (Wildman–Crippen MR) is 87.9 cm³/mol. The van der Waals surface area contributed by atoms with Gasteiger partial charge in [0.2, 0.25) is 0 Å². The van der Waals surface area contributed by atoms with Gasteiger partial charge in [-0.25, -0.2) is 10.9 Å². The van der Waals surface area contributed by atoms with E-state index in [1.165, 1.54) is 0 Å². The van der Waals surface area contributed by atoms with Gasteiger partial charge in [0.15, 0.2) is 0 Å². The first kappa shape index (κ1) is 23.0. The van der Waals surface area contributed by atoms with E-state index < -0.39 is 74.1 Å². The van der Waals surface area contributed by atoms with E-state index >= 15 is 0 Å². The molecule has 3 rings (SSSR count). The van der Waals surface area contributed by atoms with E-state index in [9.17, 15) is 26.3 Å². The Bertz CT molecular complexity index is 552. The minimum absolute atomic E-state index is 0.0259. The molecule has 0 aliphatic carbocycles. The number of hydrogen-bond donors (Lipinski definition) is 4. The van der Waals surface area contributed by atoms with Gasteiger partial charge in [0.05, 0.1) is 24.7 Å². The largest absolute Gasteiger partial charge is 0.397 e. The molecule has 3 fully saturated rings. The van der Waals surface area contributed by atoms with E-state index in [4.69, 9.17) is 19.9 Å². The molecule has 3 saturated heterocycles. The molecule has 0 saturated carbocycles. The quantitative estimate of drug-likeness (QED) is 0.427. The summed E-state index contributed by atoms with van der Waals surface area (Å²) in [5, 5.41) is 2.72. The third-order valence-corrected chi connectivity index (χ3v) is 5.48. The van der Waals surface area contributed by atoms with E-state index in [1.807, 2.05) is 0 Å². The smallest absolute Gasteiger partial charge is 0.381 e. The predicted octanol–water partition coefficient (Wildman–Crippen LogP) is 1.35. The summed E-state index contributed by atoms with van der Waals surface area (Å²) in [6.45, 7) is 1.04. The Morgan fingerprint density at radius 2 is 1.55 bits per heavy atom. The molecule has 3 aliphatic rings. The molecular weight excluding hydrogens is 410 g/mol. The van der Waals surface area contributed by atoms with Gasteiger partial charge in [0.1, 0.15) is 24.6 Å². The maximum atomic E-state index is 13.5. The van der Waals surface area contributed by atoms with Crippen LogP contribution in [0.2, 0.25) is 0 Å². The van der Waals surface area contributed by atoms with Crippen molar-refractivity contribution in [1.82, 2.24) is 16.2 Å². The molecule has 0 amide bonds. The number of halogens is 6. The zero-order chi connectivity index (χ0) is 21.4. The summed E-state index contributed by atoms with van der Waals surface area (Å²) >= 11 is 0. The fraction of sp³-hybridized carbons (Fsp3) is 1.00. The summed E-state index contributed by atoms with van der Waals surface area (Å²) in [6.07, 6.45) is -13.4. The first-order valence-corrected chi connectivity index (χ1v) is 9.51. The highest BCUT2D eigenvalue weighted by atomic mass is 19.4. The Hall–Kier alpha value is -0.700. The molecule has 3 aliphatic heterocycles. The second-order valence-electron chi connectivity index (χ2n) is 7.74. The van der Waals surface area contributed by atoms with E-state index in [-0.39, 0.29) is 6.61 Å². The number of hydrazine groups is 1. The Labute approximate surface area is 163 Å². The van der Waals surface area contributed by atoms with Crippen LogP contribution in [-0.2, 0) is 14.2 Å². The molecule has 0 aromatic carbocycles. The number of fused-ring (bicyclic) bond motifs is 5. The van der Waals surface area contributed by atoms with Crippen molar-refractivity contribution in [1.29, 1.82) is 0 Å². The summed E-state index contributed by atoms with van der Waals surface area (Å²) in [6, 6.07) is -1.90. The highest BCUT2D eigenvalue weighted by Gasteiger charge is 2.54. The molecule has 7 unspecified atom stereocenters. The van der Waals surface area contributed by atoms with Gasteiger partial charge in [0.25, 0.3) is 0 Å². The monoisotopic (exact) mass is 436 g/mol. The molecule has 170 valence electrons. The number of nitrogens with one attached hydrogen (secondary N) is 3. The second kappa shape index (κ2) is 8.81. The number of piperidine rings is 1. The van der Waals surface area contributed by atoms with E-state index in [0.29, 0.717) is 12.8 Å². The molecule has 0 aromatic heterocycles. The van der Waals surface area contributed by atoms with Gasteiger partial charge in [-0.05, 0) is 26.2 Å². The third kappa shape index (κ3) is 5.51. The Morgan fingerprint density at radius 1 is 0.897 bits per heavy atom. The van der Waals surface area contributed by atoms with Crippen LogP contribution in [0, 0.1) is 11.8 Å². The van der Waals surface area contributed by atoms with Crippen LogP contribution in [0.5, 0.6) is 0 Å². The van der Waals surface area contributed by atoms with Crippen molar-refractivity contribution in [2.75, 3.05) is 13.2 Å². The maximum absolute atomic E-state index is 13.5. The van der Waals surface area contributed by atoms with Crippen LogP contribution in [0.1, 0.15) is 26.2 Å². The maximum Gasteiger partial charge on any atom is 0.397 e. The molecule has 8 atom stereocenters. The lowest BCUT2D eigenvalue weighted by Gasteiger charge is -2.44. The van der Waals surface area contributed by atoms with Gasteiger partial charge in [-0.1, -0.05) is 0 Å². The van der Waals surface area contributed by atoms with Gasteiger partial charge in [-0.2, -0.15) is 26.3 Å². The van der Waals surface area contributed by atoms with Gasteiger partial charge >= 0.3 is 12.4 Å². The lowest BCUT2D eigenvalue weighted by Crippen LogP contribution is -2.67. The number of nitrogens with two attached hydrogens (primary N) is 1. The molecule has 0 radical (unpaired) electrons. The van der Waals surface area contributed by atoms with E-state index in [0.717, 1.165) is 0 Å². The second-order valence-corrected chi connectivity index (χ2v) is 7.74. The molecule has 29 heavy (non-hydrogen) atoms. The average molecular weight is 436 g/mol. The first-order chi connectivity index (χ1) is 13.5. The summed E-state index contributed by atoms with van der Waals surface area (Å²) in [5.41, 5.74) is 10.9. The van der Waals surface area contributed by atoms with Crippen molar-refractivity contribution in [3.05, 3.63) is 0 Å². The third-order valence-electron chi connectivity index (χ3n) is 5.48. The number of alkyl halides is 6. The fourth-order valence-electron chi connectivity index (χ4n) is 3.86. The molecule has 0 spiro atoms. The summed E-state index contributed by atoms with van der Waals surface area (Å²) < 4.78 is 97.0. The fourth-order valence-corrected chi connectivity index (χ4v) is 3.86. The number of rotatable bonds is 0. The van der Waals surface area contributed by atoms with E-state index in [2.05, 4.69) is 16.2 Å². The highest BCUT2D eigenvalue weighted by molar-refractivity contribution is 4.98. The summed E-state index contributed by atoms with van der Waals surface area (Å²) in [5.74, 6) is -3.79. The Kier molecular flexibility index (Phi) is 6.98. The molecular formula is C16H26F6N4O3. The summed E-state index contributed by atoms with van der Waals surface area (Å²) in [4.78, 5) is 0. The molecule has 13 heteroatoms. The van der Waals surface area contributed by atoms with Gasteiger partial charge in [-0.15, -0.1) is 0 Å². The number of hydrogen-bond acceptors (Lipinski definition) is 7. The van der Waals surface area contributed by atoms with Gasteiger partial charge < -0.3 is 19.9 Å². The highest BCUT2D eigenvalue weighted by Crippen LogP contribution is 2.38. The van der Waals surface area contributed by atoms with Crippen molar-refractivity contribution in [2.45, 2.75) is 75.4 Å². The molecule has 0 aromatic rings. The average Bonchev–Trinajstić information content (AvgIpc) is 3.05. The lowest BCUT2D eigenvalue weighted by atomic mass is 9.87. The van der Waals surface area contributed by atoms with Crippen molar-refractivity contribution >= 4 is 0 Å². The van der Waals surface area contributed by atoms with Crippen molar-refractivity contribution < 1.29 is 40.6 Å². The Morgan fingerprint density at radius 3 is 2.21 bits per heavy atom. The molecule has 3 heterocycles. The normalized spacial score (nSPS) is 43.0. The SMILES string of the molecule is C[C@@H]1CCCOCC(C(F)(F)F)C2NNC(O2)C2NC(O1)C(C(F)(F)F)CC2N. The Balaban J connectivity index is 1.82. The molecule has 4 bridgehead atoms. The first-order valence-electron chi connectivity index (χ1n) is 9.51. The standard InChI is InChI=1S/C16H26F6N4O3/c1-7-3-2-4-27-6-9(16(20,21)22)13-25-26-14(29-13)11-10(23)5-8(15(17,18)19)12(24-11)28-7/h7-14,24-26H,2-6,23H2,1H3/t7-,8?,9?,10?,11?,12?,13?,14?/m1/s1. The molecule has 7 nitrogen and oxygen atoms in total. The van der Waals surface area contributed by atoms with Crippen molar-refractivity contribution in [3.8, 4) is 0 Å². The van der Waals surface area contributed by atoms with Crippen LogP contribution < -0.4 is 21.9 Å². The zero-order valence-electron chi connectivity index (χ0n) is 15.7. The zero-order valence-corrected chi connectivity index (χ0v) is 15.7. The van der Waals surface area contributed by atoms with Crippen LogP contribution >= 0.6 is 0 Å². The van der Waals surface area contributed by atoms with Crippen LogP contribution in [0.4, 0.5) is 26.3 Å². The van der Waals surface area contributed by atoms with Crippen LogP contribution in [-0.4, -0.2) is 62.4 Å². The van der Waals surface area contributed by atoms with Crippen molar-refractivity contribution in [2.24, 2.45) is 17.6 Å². The van der Waals surface area contributed by atoms with Crippen molar-refractivity contribution in [3.63, 3.8) is 0 Å². The minimum atomic E-state index is -4.59. The van der Waals surface area contributed by atoms with Crippen LogP contribution in [0.15, 0.2) is 0 Å². The topological polar surface area (TPSA) is 89.8 Å². The van der Waals surface area contributed by atoms with E-state index in [1.54, 1.807) is 6.92 Å². The van der Waals surface area contributed by atoms with Gasteiger partial charge in [-0.3, -0.25) is 5.32 Å². The molecule has 5 N–H and O–H groups in total. The van der Waals surface area contributed by atoms with Crippen LogP contribution in [0.25, 0.3) is 0 Å². The van der Waals surface area contributed by atoms with Crippen LogP contribution in [0.3, 0.4) is 0 Å². The summed E-state index contributed by atoms with van der Waals surface area (Å²) in [7, 11) is 0. The number of ether oxygens (including phenoxy) is 3. The lowest BCUT2D eigenvalue weighted by molar-refractivity contribution is -0.241. The van der Waals surface area contributed by atoms with Gasteiger partial charge in [0, 0.05) is 12.6 Å². The minimum Gasteiger partial charge on any atom is -0.381 e.